The Hall–Kier alpha value is -1.61. The van der Waals surface area contributed by atoms with Crippen molar-refractivity contribution < 1.29 is 19.6 Å². The molecular formula is C16H26BN3O4. The van der Waals surface area contributed by atoms with Gasteiger partial charge in [0.1, 0.15) is 5.75 Å². The maximum absolute atomic E-state index is 11.8. The van der Waals surface area contributed by atoms with E-state index in [2.05, 4.69) is 10.2 Å². The lowest BCUT2D eigenvalue weighted by atomic mass is 9.80. The van der Waals surface area contributed by atoms with Crippen molar-refractivity contribution in [2.75, 3.05) is 52.9 Å². The highest BCUT2D eigenvalue weighted by molar-refractivity contribution is 6.58. The van der Waals surface area contributed by atoms with Crippen molar-refractivity contribution in [2.24, 2.45) is 0 Å². The van der Waals surface area contributed by atoms with E-state index in [1.807, 2.05) is 4.90 Å². The molecule has 0 aromatic heterocycles. The molecule has 1 aromatic rings. The maximum atomic E-state index is 11.8. The molecule has 0 spiro atoms. The van der Waals surface area contributed by atoms with Crippen molar-refractivity contribution in [1.82, 2.24) is 15.1 Å². The topological polar surface area (TPSA) is 85.3 Å². The smallest absolute Gasteiger partial charge is 0.488 e. The monoisotopic (exact) mass is 335 g/mol. The number of nitrogens with zero attached hydrogens (tertiary/aromatic N) is 2. The lowest BCUT2D eigenvalue weighted by Crippen LogP contribution is -2.50. The predicted molar refractivity (Wildman–Crippen MR) is 93.3 cm³/mol. The van der Waals surface area contributed by atoms with Crippen LogP contribution in [0.5, 0.6) is 5.75 Å². The molecule has 7 nitrogen and oxygen atoms in total. The minimum absolute atomic E-state index is 0.164. The summed E-state index contributed by atoms with van der Waals surface area (Å²) in [7, 11) is 0.339. The highest BCUT2D eigenvalue weighted by Crippen LogP contribution is 2.09. The fourth-order valence-electron chi connectivity index (χ4n) is 2.70. The number of hydrogen-bond acceptors (Lipinski definition) is 6. The van der Waals surface area contributed by atoms with Crippen molar-refractivity contribution in [3.63, 3.8) is 0 Å². The molecule has 132 valence electrons. The van der Waals surface area contributed by atoms with E-state index in [4.69, 9.17) is 14.8 Å². The number of benzene rings is 1. The van der Waals surface area contributed by atoms with E-state index in [1.54, 1.807) is 31.3 Å². The van der Waals surface area contributed by atoms with Gasteiger partial charge in [0.05, 0.1) is 13.2 Å². The predicted octanol–water partition coefficient (Wildman–Crippen LogP) is -1.50. The van der Waals surface area contributed by atoms with Crippen LogP contribution in [0, 0.1) is 0 Å². The van der Waals surface area contributed by atoms with E-state index in [0.29, 0.717) is 18.6 Å². The number of carbonyl (C=O) groups is 1. The zero-order valence-electron chi connectivity index (χ0n) is 14.1. The molecule has 8 heteroatoms. The third-order valence-electron chi connectivity index (χ3n) is 4.12. The van der Waals surface area contributed by atoms with Crippen LogP contribution < -0.4 is 15.5 Å². The van der Waals surface area contributed by atoms with Gasteiger partial charge in [0.25, 0.3) is 0 Å². The number of carbonyl (C=O) groups excluding carboxylic acids is 1. The molecule has 1 amide bonds. The zero-order valence-corrected chi connectivity index (χ0v) is 14.1. The van der Waals surface area contributed by atoms with Crippen molar-refractivity contribution in [3.8, 4) is 5.75 Å². The van der Waals surface area contributed by atoms with Crippen LogP contribution >= 0.6 is 0 Å². The van der Waals surface area contributed by atoms with Crippen molar-refractivity contribution in [2.45, 2.75) is 6.42 Å². The Morgan fingerprint density at radius 2 is 1.88 bits per heavy atom. The first-order chi connectivity index (χ1) is 11.6. The molecule has 0 unspecified atom stereocenters. The first-order valence-electron chi connectivity index (χ1n) is 8.34. The van der Waals surface area contributed by atoms with E-state index < -0.39 is 7.12 Å². The molecule has 1 heterocycles. The second-order valence-corrected chi connectivity index (χ2v) is 5.90. The number of likely N-dealkylation sites (N-methyl/N-ethyl adjacent to an activating group) is 1. The van der Waals surface area contributed by atoms with Gasteiger partial charge in [-0.2, -0.15) is 0 Å². The van der Waals surface area contributed by atoms with Crippen molar-refractivity contribution >= 4 is 18.5 Å². The van der Waals surface area contributed by atoms with Gasteiger partial charge in [0.2, 0.25) is 5.91 Å². The average Bonchev–Trinajstić information content (AvgIpc) is 2.60. The van der Waals surface area contributed by atoms with Gasteiger partial charge < -0.3 is 25.0 Å². The van der Waals surface area contributed by atoms with E-state index in [9.17, 15) is 4.79 Å². The van der Waals surface area contributed by atoms with Gasteiger partial charge in [0.15, 0.2) is 0 Å². The van der Waals surface area contributed by atoms with E-state index in [1.165, 1.54) is 0 Å². The summed E-state index contributed by atoms with van der Waals surface area (Å²) in [6, 6.07) is 6.75. The van der Waals surface area contributed by atoms with Gasteiger partial charge in [-0.15, -0.1) is 0 Å². The summed E-state index contributed by atoms with van der Waals surface area (Å²) in [5, 5.41) is 21.0. The number of amides is 1. The number of rotatable bonds is 8. The second-order valence-electron chi connectivity index (χ2n) is 5.90. The molecule has 0 radical (unpaired) electrons. The molecule has 0 bridgehead atoms. The highest BCUT2D eigenvalue weighted by atomic mass is 16.5. The number of nitrogens with one attached hydrogen (secondary N) is 1. The first-order valence-corrected chi connectivity index (χ1v) is 8.34. The summed E-state index contributed by atoms with van der Waals surface area (Å²) in [5.41, 5.74) is 0.452. The summed E-state index contributed by atoms with van der Waals surface area (Å²) in [4.78, 5) is 16.0. The quantitative estimate of drug-likeness (QED) is 0.396. The largest absolute Gasteiger partial charge is 0.494 e. The van der Waals surface area contributed by atoms with Gasteiger partial charge in [-0.1, -0.05) is 12.1 Å². The fraction of sp³-hybridized carbons (Fsp3) is 0.562. The van der Waals surface area contributed by atoms with Crippen LogP contribution in [0.1, 0.15) is 6.42 Å². The van der Waals surface area contributed by atoms with Crippen LogP contribution in [-0.2, 0) is 4.79 Å². The Bertz CT molecular complexity index is 505. The summed E-state index contributed by atoms with van der Waals surface area (Å²) < 4.78 is 5.66. The van der Waals surface area contributed by atoms with Gasteiger partial charge in [0, 0.05) is 32.7 Å². The minimum Gasteiger partial charge on any atom is -0.494 e. The number of ether oxygens (including phenoxy) is 1. The number of piperazine rings is 1. The van der Waals surface area contributed by atoms with E-state index >= 15 is 0 Å². The van der Waals surface area contributed by atoms with E-state index in [0.717, 1.165) is 44.9 Å². The molecular weight excluding hydrogens is 309 g/mol. The Labute approximate surface area is 143 Å². The van der Waals surface area contributed by atoms with Crippen LogP contribution in [0.3, 0.4) is 0 Å². The summed E-state index contributed by atoms with van der Waals surface area (Å²) in [6.45, 7) is 5.33. The Kier molecular flexibility index (Phi) is 7.52. The van der Waals surface area contributed by atoms with Crippen LogP contribution in [0.15, 0.2) is 24.3 Å². The van der Waals surface area contributed by atoms with E-state index in [-0.39, 0.29) is 5.91 Å². The van der Waals surface area contributed by atoms with Gasteiger partial charge >= 0.3 is 7.12 Å². The third kappa shape index (κ3) is 5.79. The summed E-state index contributed by atoms with van der Waals surface area (Å²) in [5.74, 6) is 0.888. The Morgan fingerprint density at radius 3 is 2.46 bits per heavy atom. The highest BCUT2D eigenvalue weighted by Gasteiger charge is 2.19. The SMILES string of the molecule is CNCC(=O)N1CCN(CCCOc2ccc(B(O)O)cc2)CC1. The van der Waals surface area contributed by atoms with Crippen molar-refractivity contribution in [1.29, 1.82) is 0 Å². The Morgan fingerprint density at radius 1 is 1.21 bits per heavy atom. The molecule has 1 aliphatic rings. The maximum Gasteiger partial charge on any atom is 0.488 e. The van der Waals surface area contributed by atoms with Crippen LogP contribution in [0.4, 0.5) is 0 Å². The fourth-order valence-corrected chi connectivity index (χ4v) is 2.70. The molecule has 1 aromatic carbocycles. The molecule has 0 aliphatic carbocycles. The molecule has 2 rings (SSSR count). The normalized spacial score (nSPS) is 15.4. The van der Waals surface area contributed by atoms with Crippen LogP contribution in [0.2, 0.25) is 0 Å². The first kappa shape index (κ1) is 18.7. The van der Waals surface area contributed by atoms with Crippen LogP contribution in [-0.4, -0.2) is 85.8 Å². The van der Waals surface area contributed by atoms with Gasteiger partial charge in [-0.25, -0.2) is 0 Å². The number of hydrogen-bond donors (Lipinski definition) is 3. The molecule has 0 saturated carbocycles. The third-order valence-corrected chi connectivity index (χ3v) is 4.12. The summed E-state index contributed by atoms with van der Waals surface area (Å²) >= 11 is 0. The lowest BCUT2D eigenvalue weighted by molar-refractivity contribution is -0.131. The lowest BCUT2D eigenvalue weighted by Gasteiger charge is -2.34. The van der Waals surface area contributed by atoms with Crippen molar-refractivity contribution in [3.05, 3.63) is 24.3 Å². The van der Waals surface area contributed by atoms with Crippen LogP contribution in [0.25, 0.3) is 0 Å². The zero-order chi connectivity index (χ0) is 17.4. The molecule has 1 aliphatic heterocycles. The molecule has 3 N–H and O–H groups in total. The van der Waals surface area contributed by atoms with Gasteiger partial charge in [-0.3, -0.25) is 9.69 Å². The molecule has 24 heavy (non-hydrogen) atoms. The standard InChI is InChI=1S/C16H26BN3O4/c1-18-13-16(21)20-10-8-19(9-11-20)7-2-12-24-15-5-3-14(4-6-15)17(22)23/h3-6,18,22-23H,2,7-13H2,1H3. The Balaban J connectivity index is 1.61. The molecule has 1 saturated heterocycles. The second kappa shape index (κ2) is 9.63. The van der Waals surface area contributed by atoms with Gasteiger partial charge in [-0.05, 0) is 31.1 Å². The average molecular weight is 335 g/mol. The molecule has 0 atom stereocenters. The summed E-state index contributed by atoms with van der Waals surface area (Å²) in [6.07, 6.45) is 0.912. The minimum atomic E-state index is -1.45. The molecule has 1 fully saturated rings.